The van der Waals surface area contributed by atoms with Crippen molar-refractivity contribution >= 4 is 23.2 Å². The Labute approximate surface area is 115 Å². The number of nitrogens with zero attached hydrogens (tertiary/aromatic N) is 3. The lowest BCUT2D eigenvalue weighted by molar-refractivity contribution is 0.187. The van der Waals surface area contributed by atoms with Crippen LogP contribution in [0.4, 0.5) is 0 Å². The zero-order valence-corrected chi connectivity index (χ0v) is 11.4. The highest BCUT2D eigenvalue weighted by Crippen LogP contribution is 2.22. The summed E-state index contributed by atoms with van der Waals surface area (Å²) in [5.74, 6) is 1.80. The first-order valence-electron chi connectivity index (χ1n) is 5.49. The van der Waals surface area contributed by atoms with Gasteiger partial charge in [-0.05, 0) is 12.1 Å². The molecule has 2 aromatic rings. The van der Waals surface area contributed by atoms with Gasteiger partial charge >= 0.3 is 0 Å². The van der Waals surface area contributed by atoms with Gasteiger partial charge in [0.25, 0.3) is 0 Å². The van der Waals surface area contributed by atoms with Crippen LogP contribution in [0.5, 0.6) is 0 Å². The quantitative estimate of drug-likeness (QED) is 0.793. The smallest absolute Gasteiger partial charge is 0.164 e. The van der Waals surface area contributed by atoms with Gasteiger partial charge < -0.3 is 9.30 Å². The summed E-state index contributed by atoms with van der Waals surface area (Å²) < 4.78 is 7.03. The summed E-state index contributed by atoms with van der Waals surface area (Å²) in [5.41, 5.74) is 0.919. The van der Waals surface area contributed by atoms with Crippen molar-refractivity contribution in [3.63, 3.8) is 0 Å². The van der Waals surface area contributed by atoms with E-state index in [4.69, 9.17) is 27.9 Å². The second kappa shape index (κ2) is 6.18. The summed E-state index contributed by atoms with van der Waals surface area (Å²) >= 11 is 11.8. The van der Waals surface area contributed by atoms with Crippen LogP contribution < -0.4 is 0 Å². The highest BCUT2D eigenvalue weighted by Gasteiger charge is 2.12. The van der Waals surface area contributed by atoms with Gasteiger partial charge in [0, 0.05) is 24.2 Å². The Kier molecular flexibility index (Phi) is 4.58. The number of hydrogen-bond donors (Lipinski definition) is 0. The zero-order chi connectivity index (χ0) is 13.0. The van der Waals surface area contributed by atoms with Gasteiger partial charge in [-0.3, -0.25) is 0 Å². The van der Waals surface area contributed by atoms with Crippen LogP contribution in [0, 0.1) is 0 Å². The molecular formula is C12H13Cl2N3O. The summed E-state index contributed by atoms with van der Waals surface area (Å²) in [6.45, 7) is 1.24. The maximum Gasteiger partial charge on any atom is 0.164 e. The summed E-state index contributed by atoms with van der Waals surface area (Å²) in [4.78, 5) is 0. The van der Waals surface area contributed by atoms with E-state index in [2.05, 4.69) is 10.2 Å². The predicted molar refractivity (Wildman–Crippen MR) is 71.9 cm³/mol. The van der Waals surface area contributed by atoms with E-state index in [0.717, 1.165) is 17.2 Å². The molecule has 0 amide bonds. The van der Waals surface area contributed by atoms with Crippen molar-refractivity contribution in [1.82, 2.24) is 14.8 Å². The lowest BCUT2D eigenvalue weighted by Crippen LogP contribution is -2.09. The van der Waals surface area contributed by atoms with Crippen molar-refractivity contribution in [3.05, 3.63) is 35.1 Å². The van der Waals surface area contributed by atoms with Crippen molar-refractivity contribution in [3.8, 4) is 11.4 Å². The Bertz CT molecular complexity index is 528. The van der Waals surface area contributed by atoms with Gasteiger partial charge in [-0.1, -0.05) is 23.7 Å². The largest absolute Gasteiger partial charge is 0.383 e. The van der Waals surface area contributed by atoms with Crippen LogP contribution in [0.3, 0.4) is 0 Å². The number of aromatic nitrogens is 3. The van der Waals surface area contributed by atoms with E-state index in [9.17, 15) is 0 Å². The lowest BCUT2D eigenvalue weighted by Gasteiger charge is -2.08. The van der Waals surface area contributed by atoms with Crippen molar-refractivity contribution in [2.75, 3.05) is 13.7 Å². The lowest BCUT2D eigenvalue weighted by atomic mass is 10.2. The molecule has 4 nitrogen and oxygen atoms in total. The van der Waals surface area contributed by atoms with Gasteiger partial charge in [-0.15, -0.1) is 21.8 Å². The van der Waals surface area contributed by atoms with Crippen LogP contribution in [-0.2, 0) is 17.2 Å². The summed E-state index contributed by atoms with van der Waals surface area (Å²) in [5, 5.41) is 8.91. The molecule has 0 aliphatic heterocycles. The minimum absolute atomic E-state index is 0.317. The van der Waals surface area contributed by atoms with Gasteiger partial charge in [0.15, 0.2) is 5.82 Å². The van der Waals surface area contributed by atoms with Crippen molar-refractivity contribution in [2.24, 2.45) is 0 Å². The Morgan fingerprint density at radius 1 is 1.33 bits per heavy atom. The molecule has 0 bridgehead atoms. The summed E-state index contributed by atoms with van der Waals surface area (Å²) in [7, 11) is 1.66. The Balaban J connectivity index is 2.40. The Morgan fingerprint density at radius 3 is 2.83 bits per heavy atom. The second-order valence-electron chi connectivity index (χ2n) is 3.73. The fraction of sp³-hybridized carbons (Fsp3) is 0.333. The van der Waals surface area contributed by atoms with Crippen LogP contribution in [0.25, 0.3) is 11.4 Å². The first-order valence-corrected chi connectivity index (χ1v) is 6.40. The molecule has 96 valence electrons. The molecule has 0 aliphatic rings. The van der Waals surface area contributed by atoms with Crippen LogP contribution in [-0.4, -0.2) is 28.5 Å². The molecule has 0 spiro atoms. The molecule has 0 saturated carbocycles. The van der Waals surface area contributed by atoms with Crippen molar-refractivity contribution < 1.29 is 4.74 Å². The van der Waals surface area contributed by atoms with E-state index in [1.165, 1.54) is 0 Å². The molecule has 1 aromatic carbocycles. The van der Waals surface area contributed by atoms with E-state index in [1.807, 2.05) is 28.8 Å². The average molecular weight is 286 g/mol. The van der Waals surface area contributed by atoms with Crippen LogP contribution in [0.2, 0.25) is 5.02 Å². The predicted octanol–water partition coefficient (Wildman–Crippen LogP) is 2.98. The summed E-state index contributed by atoms with van der Waals surface area (Å²) in [6.07, 6.45) is 0. The number of methoxy groups -OCH3 is 1. The third-order valence-electron chi connectivity index (χ3n) is 2.55. The van der Waals surface area contributed by atoms with Gasteiger partial charge in [-0.25, -0.2) is 0 Å². The molecule has 0 atom stereocenters. The van der Waals surface area contributed by atoms with Crippen LogP contribution in [0.15, 0.2) is 24.3 Å². The summed E-state index contributed by atoms with van der Waals surface area (Å²) in [6, 6.07) is 7.50. The van der Waals surface area contributed by atoms with Crippen molar-refractivity contribution in [1.29, 1.82) is 0 Å². The van der Waals surface area contributed by atoms with Gasteiger partial charge in [0.1, 0.15) is 5.82 Å². The van der Waals surface area contributed by atoms with E-state index in [1.54, 1.807) is 7.11 Å². The zero-order valence-electron chi connectivity index (χ0n) is 9.94. The highest BCUT2D eigenvalue weighted by molar-refractivity contribution is 6.30. The fourth-order valence-corrected chi connectivity index (χ4v) is 2.08. The molecule has 0 saturated heterocycles. The van der Waals surface area contributed by atoms with Crippen molar-refractivity contribution in [2.45, 2.75) is 12.4 Å². The third kappa shape index (κ3) is 2.83. The molecule has 1 aromatic heterocycles. The first kappa shape index (κ1) is 13.3. The molecule has 0 N–H and O–H groups in total. The molecule has 0 unspecified atom stereocenters. The number of alkyl halides is 1. The number of benzene rings is 1. The van der Waals surface area contributed by atoms with E-state index < -0.39 is 0 Å². The SMILES string of the molecule is COCCn1c(CCl)nnc1-c1cccc(Cl)c1. The molecule has 1 heterocycles. The van der Waals surface area contributed by atoms with Gasteiger partial charge in [-0.2, -0.15) is 0 Å². The average Bonchev–Trinajstić information content (AvgIpc) is 2.79. The second-order valence-corrected chi connectivity index (χ2v) is 4.43. The minimum Gasteiger partial charge on any atom is -0.383 e. The Morgan fingerprint density at radius 2 is 2.17 bits per heavy atom. The van der Waals surface area contributed by atoms with E-state index in [0.29, 0.717) is 24.1 Å². The first-order chi connectivity index (χ1) is 8.76. The topological polar surface area (TPSA) is 39.9 Å². The van der Waals surface area contributed by atoms with Gasteiger partial charge in [0.05, 0.1) is 12.5 Å². The third-order valence-corrected chi connectivity index (χ3v) is 3.02. The molecule has 0 aliphatic carbocycles. The standard InChI is InChI=1S/C12H13Cl2N3O/c1-18-6-5-17-11(8-13)15-16-12(17)9-3-2-4-10(14)7-9/h2-4,7H,5-6,8H2,1H3. The number of hydrogen-bond acceptors (Lipinski definition) is 3. The van der Waals surface area contributed by atoms with E-state index in [-0.39, 0.29) is 0 Å². The van der Waals surface area contributed by atoms with Crippen LogP contribution in [0.1, 0.15) is 5.82 Å². The normalized spacial score (nSPS) is 10.8. The molecule has 0 radical (unpaired) electrons. The fourth-order valence-electron chi connectivity index (χ4n) is 1.69. The molecule has 0 fully saturated rings. The van der Waals surface area contributed by atoms with Crippen LogP contribution >= 0.6 is 23.2 Å². The minimum atomic E-state index is 0.317. The van der Waals surface area contributed by atoms with Gasteiger partial charge in [0.2, 0.25) is 0 Å². The van der Waals surface area contributed by atoms with E-state index >= 15 is 0 Å². The number of halogens is 2. The molecular weight excluding hydrogens is 273 g/mol. The molecule has 6 heteroatoms. The number of rotatable bonds is 5. The number of ether oxygens (including phenoxy) is 1. The monoisotopic (exact) mass is 285 g/mol. The highest BCUT2D eigenvalue weighted by atomic mass is 35.5. The molecule has 2 rings (SSSR count). The maximum atomic E-state index is 5.98. The Hall–Kier alpha value is -1.10. The molecule has 18 heavy (non-hydrogen) atoms. The maximum absolute atomic E-state index is 5.98.